The van der Waals surface area contributed by atoms with Gasteiger partial charge in [0.1, 0.15) is 18.0 Å². The summed E-state index contributed by atoms with van der Waals surface area (Å²) in [6.07, 6.45) is 8.11. The summed E-state index contributed by atoms with van der Waals surface area (Å²) in [6.45, 7) is 4.15. The zero-order valence-corrected chi connectivity index (χ0v) is 16.0. The molecular formula is C20H29FN6. The average Bonchev–Trinajstić information content (AvgIpc) is 3.34. The third-order valence-electron chi connectivity index (χ3n) is 4.96. The van der Waals surface area contributed by atoms with Crippen LogP contribution in [0.2, 0.25) is 0 Å². The Morgan fingerprint density at radius 1 is 1.30 bits per heavy atom. The predicted octanol–water partition coefficient (Wildman–Crippen LogP) is 2.70. The molecule has 146 valence electrons. The molecule has 0 spiro atoms. The van der Waals surface area contributed by atoms with Gasteiger partial charge < -0.3 is 15.2 Å². The number of benzene rings is 1. The summed E-state index contributed by atoms with van der Waals surface area (Å²) in [4.78, 5) is 4.67. The second-order valence-electron chi connectivity index (χ2n) is 6.92. The highest BCUT2D eigenvalue weighted by Gasteiger charge is 2.16. The SMILES string of the molecule is CCc1nncn1CCNC(=NCCc1ccccc1F)NC1CCCC1. The molecule has 3 rings (SSSR count). The van der Waals surface area contributed by atoms with E-state index in [-0.39, 0.29) is 5.82 Å². The molecule has 1 aromatic carbocycles. The number of aromatic nitrogens is 3. The fourth-order valence-electron chi connectivity index (χ4n) is 3.44. The number of nitrogens with one attached hydrogen (secondary N) is 2. The van der Waals surface area contributed by atoms with Crippen molar-refractivity contribution in [3.05, 3.63) is 47.8 Å². The van der Waals surface area contributed by atoms with Gasteiger partial charge in [-0.25, -0.2) is 4.39 Å². The fourth-order valence-corrected chi connectivity index (χ4v) is 3.44. The van der Waals surface area contributed by atoms with Gasteiger partial charge in [0.05, 0.1) is 0 Å². The molecule has 2 N–H and O–H groups in total. The monoisotopic (exact) mass is 372 g/mol. The maximum atomic E-state index is 13.8. The lowest BCUT2D eigenvalue weighted by Crippen LogP contribution is -2.43. The number of rotatable bonds is 8. The summed E-state index contributed by atoms with van der Waals surface area (Å²) >= 11 is 0. The Balaban J connectivity index is 1.55. The molecule has 1 fully saturated rings. The summed E-state index contributed by atoms with van der Waals surface area (Å²) in [5.74, 6) is 1.63. The largest absolute Gasteiger partial charge is 0.355 e. The van der Waals surface area contributed by atoms with Crippen LogP contribution < -0.4 is 10.6 Å². The van der Waals surface area contributed by atoms with E-state index < -0.39 is 0 Å². The molecule has 0 saturated heterocycles. The van der Waals surface area contributed by atoms with Gasteiger partial charge in [-0.15, -0.1) is 10.2 Å². The predicted molar refractivity (Wildman–Crippen MR) is 105 cm³/mol. The summed E-state index contributed by atoms with van der Waals surface area (Å²) in [6, 6.07) is 7.38. The minimum absolute atomic E-state index is 0.161. The minimum atomic E-state index is -0.161. The second kappa shape index (κ2) is 10.0. The molecule has 0 bridgehead atoms. The number of guanidine groups is 1. The van der Waals surface area contributed by atoms with Gasteiger partial charge >= 0.3 is 0 Å². The normalized spacial score (nSPS) is 15.3. The fraction of sp³-hybridized carbons (Fsp3) is 0.550. The van der Waals surface area contributed by atoms with Gasteiger partial charge in [0, 0.05) is 32.1 Å². The highest BCUT2D eigenvalue weighted by Crippen LogP contribution is 2.17. The minimum Gasteiger partial charge on any atom is -0.355 e. The van der Waals surface area contributed by atoms with Crippen LogP contribution in [0.1, 0.15) is 44.0 Å². The Kier molecular flexibility index (Phi) is 7.19. The number of halogens is 1. The molecular weight excluding hydrogens is 343 g/mol. The van der Waals surface area contributed by atoms with Crippen LogP contribution in [-0.4, -0.2) is 39.9 Å². The highest BCUT2D eigenvalue weighted by molar-refractivity contribution is 5.80. The maximum Gasteiger partial charge on any atom is 0.191 e. The summed E-state index contributed by atoms with van der Waals surface area (Å²) in [7, 11) is 0. The summed E-state index contributed by atoms with van der Waals surface area (Å²) in [5.41, 5.74) is 0.707. The van der Waals surface area contributed by atoms with Crippen molar-refractivity contribution in [1.29, 1.82) is 0 Å². The van der Waals surface area contributed by atoms with Gasteiger partial charge in [-0.05, 0) is 30.9 Å². The maximum absolute atomic E-state index is 13.8. The summed E-state index contributed by atoms with van der Waals surface area (Å²) < 4.78 is 15.8. The van der Waals surface area contributed by atoms with E-state index in [1.54, 1.807) is 12.4 Å². The molecule has 1 aliphatic rings. The van der Waals surface area contributed by atoms with E-state index in [0.29, 0.717) is 24.6 Å². The molecule has 1 aliphatic carbocycles. The number of hydrogen-bond acceptors (Lipinski definition) is 3. The molecule has 6 nitrogen and oxygen atoms in total. The van der Waals surface area contributed by atoms with Crippen molar-refractivity contribution in [2.24, 2.45) is 4.99 Å². The van der Waals surface area contributed by atoms with E-state index in [1.807, 2.05) is 12.1 Å². The van der Waals surface area contributed by atoms with Crippen molar-refractivity contribution in [3.63, 3.8) is 0 Å². The quantitative estimate of drug-likeness (QED) is 0.552. The van der Waals surface area contributed by atoms with E-state index in [1.165, 1.54) is 31.7 Å². The van der Waals surface area contributed by atoms with Crippen molar-refractivity contribution in [3.8, 4) is 0 Å². The number of hydrogen-bond donors (Lipinski definition) is 2. The first kappa shape index (κ1) is 19.3. The van der Waals surface area contributed by atoms with Crippen LogP contribution in [0.4, 0.5) is 4.39 Å². The second-order valence-corrected chi connectivity index (χ2v) is 6.92. The molecule has 0 unspecified atom stereocenters. The van der Waals surface area contributed by atoms with Crippen molar-refractivity contribution in [2.75, 3.05) is 13.1 Å². The summed E-state index contributed by atoms with van der Waals surface area (Å²) in [5, 5.41) is 15.0. The molecule has 0 amide bonds. The lowest BCUT2D eigenvalue weighted by Gasteiger charge is -2.18. The lowest BCUT2D eigenvalue weighted by molar-refractivity contribution is 0.591. The Morgan fingerprint density at radius 2 is 2.11 bits per heavy atom. The molecule has 1 saturated carbocycles. The van der Waals surface area contributed by atoms with E-state index >= 15 is 0 Å². The average molecular weight is 372 g/mol. The molecule has 2 aromatic rings. The van der Waals surface area contributed by atoms with Gasteiger partial charge in [0.25, 0.3) is 0 Å². The first-order valence-electron chi connectivity index (χ1n) is 9.91. The first-order valence-corrected chi connectivity index (χ1v) is 9.91. The van der Waals surface area contributed by atoms with Crippen LogP contribution in [0.25, 0.3) is 0 Å². The molecule has 0 radical (unpaired) electrons. The van der Waals surface area contributed by atoms with Gasteiger partial charge in [0.2, 0.25) is 0 Å². The Morgan fingerprint density at radius 3 is 2.89 bits per heavy atom. The standard InChI is InChI=1S/C20H29FN6/c1-2-19-26-24-15-27(19)14-13-23-20(25-17-8-4-5-9-17)22-12-11-16-7-3-6-10-18(16)21/h3,6-7,10,15,17H,2,4-5,8-9,11-14H2,1H3,(H2,22,23,25). The van der Waals surface area contributed by atoms with Crippen LogP contribution in [0.15, 0.2) is 35.6 Å². The van der Waals surface area contributed by atoms with Crippen LogP contribution >= 0.6 is 0 Å². The smallest absolute Gasteiger partial charge is 0.191 e. The van der Waals surface area contributed by atoms with Crippen LogP contribution in [0.5, 0.6) is 0 Å². The number of aryl methyl sites for hydroxylation is 1. The molecule has 27 heavy (non-hydrogen) atoms. The van der Waals surface area contributed by atoms with Gasteiger partial charge in [0.15, 0.2) is 5.96 Å². The van der Waals surface area contributed by atoms with E-state index in [4.69, 9.17) is 0 Å². The van der Waals surface area contributed by atoms with E-state index in [9.17, 15) is 4.39 Å². The molecule has 1 heterocycles. The number of aliphatic imine (C=N–C) groups is 1. The lowest BCUT2D eigenvalue weighted by atomic mass is 10.1. The highest BCUT2D eigenvalue weighted by atomic mass is 19.1. The van der Waals surface area contributed by atoms with Crippen LogP contribution in [0, 0.1) is 5.82 Å². The van der Waals surface area contributed by atoms with Gasteiger partial charge in [-0.2, -0.15) is 0 Å². The van der Waals surface area contributed by atoms with E-state index in [2.05, 4.69) is 37.3 Å². The molecule has 0 aliphatic heterocycles. The molecule has 1 aromatic heterocycles. The Labute approximate surface area is 160 Å². The number of nitrogens with zero attached hydrogens (tertiary/aromatic N) is 4. The van der Waals surface area contributed by atoms with Crippen LogP contribution in [0.3, 0.4) is 0 Å². The molecule has 7 heteroatoms. The Hall–Kier alpha value is -2.44. The van der Waals surface area contributed by atoms with Gasteiger partial charge in [-0.1, -0.05) is 38.0 Å². The van der Waals surface area contributed by atoms with Crippen LogP contribution in [-0.2, 0) is 19.4 Å². The zero-order valence-electron chi connectivity index (χ0n) is 16.0. The first-order chi connectivity index (χ1) is 13.3. The van der Waals surface area contributed by atoms with Crippen molar-refractivity contribution < 1.29 is 4.39 Å². The topological polar surface area (TPSA) is 67.1 Å². The third-order valence-corrected chi connectivity index (χ3v) is 4.96. The van der Waals surface area contributed by atoms with E-state index in [0.717, 1.165) is 31.3 Å². The van der Waals surface area contributed by atoms with Crippen molar-refractivity contribution in [2.45, 2.75) is 58.0 Å². The third kappa shape index (κ3) is 5.77. The van der Waals surface area contributed by atoms with Crippen molar-refractivity contribution in [1.82, 2.24) is 25.4 Å². The molecule has 0 atom stereocenters. The van der Waals surface area contributed by atoms with Gasteiger partial charge in [-0.3, -0.25) is 4.99 Å². The van der Waals surface area contributed by atoms with Crippen molar-refractivity contribution >= 4 is 5.96 Å². The Bertz CT molecular complexity index is 736. The zero-order chi connectivity index (χ0) is 18.9.